The monoisotopic (exact) mass is 245 g/mol. The molecular weight excluding hydrogens is 230 g/mol. The summed E-state index contributed by atoms with van der Waals surface area (Å²) in [7, 11) is 0. The third-order valence-corrected chi connectivity index (χ3v) is 3.18. The third-order valence-electron chi connectivity index (χ3n) is 3.18. The van der Waals surface area contributed by atoms with Gasteiger partial charge >= 0.3 is 0 Å². The molecule has 1 aliphatic rings. The highest BCUT2D eigenvalue weighted by atomic mass is 35.5. The summed E-state index contributed by atoms with van der Waals surface area (Å²) in [6, 6.07) is 2.65. The third kappa shape index (κ3) is 2.03. The van der Waals surface area contributed by atoms with Crippen molar-refractivity contribution in [2.45, 2.75) is 25.3 Å². The number of benzene rings is 1. The Morgan fingerprint density at radius 1 is 1.12 bits per heavy atom. The van der Waals surface area contributed by atoms with Crippen LogP contribution >= 0.6 is 12.4 Å². The zero-order valence-corrected chi connectivity index (χ0v) is 9.57. The van der Waals surface area contributed by atoms with Crippen LogP contribution in [0.25, 0.3) is 0 Å². The molecule has 1 fully saturated rings. The first-order chi connectivity index (χ1) is 7.11. The lowest BCUT2D eigenvalue weighted by Crippen LogP contribution is -2.26. The fourth-order valence-corrected chi connectivity index (χ4v) is 1.91. The highest BCUT2D eigenvalue weighted by molar-refractivity contribution is 5.85. The summed E-state index contributed by atoms with van der Waals surface area (Å²) < 4.78 is 0. The molecule has 1 atom stereocenters. The van der Waals surface area contributed by atoms with E-state index in [1.165, 1.54) is 12.5 Å². The minimum absolute atomic E-state index is 0. The first-order valence-electron chi connectivity index (χ1n) is 5.10. The van der Waals surface area contributed by atoms with Gasteiger partial charge in [-0.25, -0.2) is 0 Å². The van der Waals surface area contributed by atoms with Gasteiger partial charge in [0.1, 0.15) is 0 Å². The van der Waals surface area contributed by atoms with Gasteiger partial charge in [-0.1, -0.05) is 6.42 Å². The number of phenolic OH excluding ortho intramolecular Hbond substituents is 3. The fourth-order valence-electron chi connectivity index (χ4n) is 1.91. The predicted octanol–water partition coefficient (Wildman–Crippen LogP) is 2.03. The van der Waals surface area contributed by atoms with E-state index in [1.807, 2.05) is 0 Å². The molecule has 0 saturated heterocycles. The first-order valence-corrected chi connectivity index (χ1v) is 5.10. The van der Waals surface area contributed by atoms with E-state index in [0.29, 0.717) is 11.5 Å². The maximum atomic E-state index is 9.63. The van der Waals surface area contributed by atoms with E-state index >= 15 is 0 Å². The Labute approximate surface area is 100 Å². The maximum absolute atomic E-state index is 9.63. The number of rotatable bonds is 2. The molecule has 0 radical (unpaired) electrons. The zero-order chi connectivity index (χ0) is 11.0. The molecule has 0 aromatic heterocycles. The number of phenols is 3. The van der Waals surface area contributed by atoms with Gasteiger partial charge in [-0.05, 0) is 30.9 Å². The van der Waals surface area contributed by atoms with Gasteiger partial charge in [0.05, 0.1) is 0 Å². The second-order valence-corrected chi connectivity index (χ2v) is 4.09. The molecule has 0 unspecified atom stereocenters. The van der Waals surface area contributed by atoms with Crippen LogP contribution in [-0.2, 0) is 0 Å². The largest absolute Gasteiger partial charge is 0.504 e. The fraction of sp³-hybridized carbons (Fsp3) is 0.455. The summed E-state index contributed by atoms with van der Waals surface area (Å²) in [5, 5.41) is 28.1. The van der Waals surface area contributed by atoms with E-state index in [9.17, 15) is 10.2 Å². The Morgan fingerprint density at radius 3 is 2.25 bits per heavy atom. The molecule has 1 aromatic carbocycles. The van der Waals surface area contributed by atoms with Crippen molar-refractivity contribution >= 4 is 12.4 Å². The van der Waals surface area contributed by atoms with E-state index in [4.69, 9.17) is 10.8 Å². The smallest absolute Gasteiger partial charge is 0.200 e. The van der Waals surface area contributed by atoms with Crippen molar-refractivity contribution in [3.8, 4) is 17.2 Å². The van der Waals surface area contributed by atoms with Crippen molar-refractivity contribution in [3.05, 3.63) is 17.7 Å². The van der Waals surface area contributed by atoms with Crippen LogP contribution in [-0.4, -0.2) is 15.3 Å². The van der Waals surface area contributed by atoms with E-state index in [0.717, 1.165) is 12.8 Å². The number of aromatic hydroxyl groups is 3. The molecule has 0 spiro atoms. The second kappa shape index (κ2) is 4.80. The van der Waals surface area contributed by atoms with Crippen LogP contribution in [0, 0.1) is 5.92 Å². The summed E-state index contributed by atoms with van der Waals surface area (Å²) in [4.78, 5) is 0. The summed E-state index contributed by atoms with van der Waals surface area (Å²) in [6.45, 7) is 0. The van der Waals surface area contributed by atoms with E-state index < -0.39 is 5.75 Å². The highest BCUT2D eigenvalue weighted by Crippen LogP contribution is 2.44. The summed E-state index contributed by atoms with van der Waals surface area (Å²) >= 11 is 0. The van der Waals surface area contributed by atoms with Gasteiger partial charge in [0, 0.05) is 11.6 Å². The zero-order valence-electron chi connectivity index (χ0n) is 8.76. The van der Waals surface area contributed by atoms with Crippen LogP contribution in [0.5, 0.6) is 17.2 Å². The number of hydrogen-bond acceptors (Lipinski definition) is 4. The lowest BCUT2D eigenvalue weighted by Gasteiger charge is -2.31. The van der Waals surface area contributed by atoms with Crippen molar-refractivity contribution < 1.29 is 15.3 Å². The summed E-state index contributed by atoms with van der Waals surface area (Å²) in [5.41, 5.74) is 6.48. The highest BCUT2D eigenvalue weighted by Gasteiger charge is 2.28. The molecule has 90 valence electrons. The van der Waals surface area contributed by atoms with Crippen LogP contribution in [0.1, 0.15) is 30.9 Å². The van der Waals surface area contributed by atoms with Crippen LogP contribution in [0.2, 0.25) is 0 Å². The molecular formula is C11H16ClNO3. The van der Waals surface area contributed by atoms with Crippen LogP contribution in [0.15, 0.2) is 12.1 Å². The Bertz CT molecular complexity index is 380. The molecule has 0 heterocycles. The van der Waals surface area contributed by atoms with Crippen LogP contribution < -0.4 is 5.73 Å². The van der Waals surface area contributed by atoms with Gasteiger partial charge in [0.2, 0.25) is 5.75 Å². The van der Waals surface area contributed by atoms with Gasteiger partial charge in [0.25, 0.3) is 0 Å². The molecule has 0 bridgehead atoms. The van der Waals surface area contributed by atoms with Crippen molar-refractivity contribution in [3.63, 3.8) is 0 Å². The van der Waals surface area contributed by atoms with Gasteiger partial charge in [-0.15, -0.1) is 12.4 Å². The molecule has 0 aliphatic heterocycles. The Morgan fingerprint density at radius 2 is 1.75 bits per heavy atom. The van der Waals surface area contributed by atoms with Crippen molar-refractivity contribution in [2.24, 2.45) is 11.7 Å². The topological polar surface area (TPSA) is 86.7 Å². The molecule has 5 heteroatoms. The minimum atomic E-state index is -0.484. The first kappa shape index (κ1) is 12.9. The standard InChI is InChI=1S/C11H15NO3.ClH/c12-9(6-2-1-3-6)7-4-5-8(13)11(15)10(7)14;/h4-6,9,13-15H,1-3,12H2;1H/t9-;/m1./s1. The number of halogens is 1. The van der Waals surface area contributed by atoms with Crippen molar-refractivity contribution in [1.29, 1.82) is 0 Å². The van der Waals surface area contributed by atoms with Gasteiger partial charge in [-0.3, -0.25) is 0 Å². The Kier molecular flexibility index (Phi) is 3.88. The Balaban J connectivity index is 0.00000128. The van der Waals surface area contributed by atoms with Crippen molar-refractivity contribution in [1.82, 2.24) is 0 Å². The number of hydrogen-bond donors (Lipinski definition) is 4. The SMILES string of the molecule is Cl.N[C@@H](c1ccc(O)c(O)c1O)C1CCC1. The van der Waals surface area contributed by atoms with E-state index in [-0.39, 0.29) is 29.9 Å². The van der Waals surface area contributed by atoms with Crippen LogP contribution in [0.4, 0.5) is 0 Å². The molecule has 1 aliphatic carbocycles. The number of nitrogens with two attached hydrogens (primary N) is 1. The molecule has 4 nitrogen and oxygen atoms in total. The maximum Gasteiger partial charge on any atom is 0.200 e. The molecule has 1 aromatic rings. The molecule has 2 rings (SSSR count). The van der Waals surface area contributed by atoms with Crippen molar-refractivity contribution in [2.75, 3.05) is 0 Å². The summed E-state index contributed by atoms with van der Waals surface area (Å²) in [6.07, 6.45) is 3.29. The van der Waals surface area contributed by atoms with E-state index in [2.05, 4.69) is 0 Å². The normalized spacial score (nSPS) is 17.3. The van der Waals surface area contributed by atoms with Gasteiger partial charge in [-0.2, -0.15) is 0 Å². The molecule has 1 saturated carbocycles. The minimum Gasteiger partial charge on any atom is -0.504 e. The van der Waals surface area contributed by atoms with Gasteiger partial charge in [0.15, 0.2) is 11.5 Å². The van der Waals surface area contributed by atoms with E-state index in [1.54, 1.807) is 6.07 Å². The quantitative estimate of drug-likeness (QED) is 0.601. The molecule has 16 heavy (non-hydrogen) atoms. The lowest BCUT2D eigenvalue weighted by atomic mass is 9.77. The molecule has 0 amide bonds. The van der Waals surface area contributed by atoms with Gasteiger partial charge < -0.3 is 21.1 Å². The summed E-state index contributed by atoms with van der Waals surface area (Å²) in [5.74, 6) is -0.728. The molecule has 5 N–H and O–H groups in total. The second-order valence-electron chi connectivity index (χ2n) is 4.09. The Hall–Kier alpha value is -1.13. The average molecular weight is 246 g/mol. The average Bonchev–Trinajstić information content (AvgIpc) is 2.11. The van der Waals surface area contributed by atoms with Crippen LogP contribution in [0.3, 0.4) is 0 Å². The predicted molar refractivity (Wildman–Crippen MR) is 63.0 cm³/mol. The lowest BCUT2D eigenvalue weighted by molar-refractivity contribution is 0.258.